The topological polar surface area (TPSA) is 75.4 Å². The van der Waals surface area contributed by atoms with Crippen molar-refractivity contribution in [3.63, 3.8) is 0 Å². The number of nitrogens with one attached hydrogen (secondary N) is 1. The first-order valence-electron chi connectivity index (χ1n) is 7.41. The molecule has 0 aliphatic carbocycles. The summed E-state index contributed by atoms with van der Waals surface area (Å²) in [5.41, 5.74) is 6.86. The van der Waals surface area contributed by atoms with Gasteiger partial charge in [-0.05, 0) is 30.9 Å². The van der Waals surface area contributed by atoms with Crippen LogP contribution in [0.5, 0.6) is 0 Å². The first-order valence-corrected chi connectivity index (χ1v) is 7.41. The van der Waals surface area contributed by atoms with Gasteiger partial charge in [-0.3, -0.25) is 9.69 Å². The number of nitrogens with zero attached hydrogens (tertiary/aromatic N) is 1. The van der Waals surface area contributed by atoms with Crippen molar-refractivity contribution >= 4 is 11.9 Å². The maximum Gasteiger partial charge on any atom is 0.325 e. The molecular weight excluding hydrogens is 266 g/mol. The van der Waals surface area contributed by atoms with Crippen LogP contribution < -0.4 is 11.1 Å². The minimum Gasteiger partial charge on any atom is -0.326 e. The summed E-state index contributed by atoms with van der Waals surface area (Å²) >= 11 is 0. The molecule has 2 atom stereocenters. The zero-order valence-electron chi connectivity index (χ0n) is 12.8. The van der Waals surface area contributed by atoms with Crippen LogP contribution >= 0.6 is 0 Å². The number of benzene rings is 1. The van der Waals surface area contributed by atoms with E-state index in [-0.39, 0.29) is 24.5 Å². The quantitative estimate of drug-likeness (QED) is 0.811. The minimum absolute atomic E-state index is 0.190. The van der Waals surface area contributed by atoms with Gasteiger partial charge >= 0.3 is 6.03 Å². The Morgan fingerprint density at radius 2 is 1.86 bits per heavy atom. The van der Waals surface area contributed by atoms with Crippen molar-refractivity contribution in [2.24, 2.45) is 5.73 Å². The summed E-state index contributed by atoms with van der Waals surface area (Å²) in [5.74, 6) is -0.236. The lowest BCUT2D eigenvalue weighted by atomic mass is 9.91. The van der Waals surface area contributed by atoms with Gasteiger partial charge in [0.25, 0.3) is 5.91 Å². The van der Waals surface area contributed by atoms with Crippen molar-refractivity contribution in [2.75, 3.05) is 6.54 Å². The van der Waals surface area contributed by atoms with Gasteiger partial charge in [0.05, 0.1) is 0 Å². The van der Waals surface area contributed by atoms with E-state index in [4.69, 9.17) is 5.73 Å². The van der Waals surface area contributed by atoms with Gasteiger partial charge in [0, 0.05) is 12.6 Å². The van der Waals surface area contributed by atoms with Crippen LogP contribution in [0.1, 0.15) is 38.3 Å². The predicted octanol–water partition coefficient (Wildman–Crippen LogP) is 1.75. The van der Waals surface area contributed by atoms with Gasteiger partial charge in [0.2, 0.25) is 0 Å². The molecule has 0 saturated carbocycles. The minimum atomic E-state index is -1.00. The van der Waals surface area contributed by atoms with Crippen molar-refractivity contribution in [3.05, 3.63) is 35.4 Å². The molecule has 3 N–H and O–H groups in total. The second-order valence-corrected chi connectivity index (χ2v) is 5.69. The Bertz CT molecular complexity index is 541. The average molecular weight is 289 g/mol. The van der Waals surface area contributed by atoms with E-state index >= 15 is 0 Å². The molecule has 3 amide bonds. The third kappa shape index (κ3) is 2.78. The normalized spacial score (nSPS) is 23.3. The third-order valence-corrected chi connectivity index (χ3v) is 4.16. The van der Waals surface area contributed by atoms with Crippen molar-refractivity contribution in [1.29, 1.82) is 0 Å². The van der Waals surface area contributed by atoms with Crippen LogP contribution in [0.25, 0.3) is 0 Å². The van der Waals surface area contributed by atoms with Crippen LogP contribution in [-0.4, -0.2) is 29.4 Å². The molecule has 1 heterocycles. The summed E-state index contributed by atoms with van der Waals surface area (Å²) in [6.07, 6.45) is 1.66. The zero-order chi connectivity index (χ0) is 15.6. The highest BCUT2D eigenvalue weighted by Gasteiger charge is 2.49. The molecule has 5 nitrogen and oxygen atoms in total. The molecular formula is C16H23N3O2. The van der Waals surface area contributed by atoms with E-state index in [2.05, 4.69) is 12.2 Å². The molecule has 1 aliphatic heterocycles. The van der Waals surface area contributed by atoms with Crippen molar-refractivity contribution in [2.45, 2.75) is 45.2 Å². The fourth-order valence-corrected chi connectivity index (χ4v) is 2.50. The maximum atomic E-state index is 12.6. The highest BCUT2D eigenvalue weighted by molar-refractivity contribution is 6.07. The monoisotopic (exact) mass is 289 g/mol. The molecule has 114 valence electrons. The fourth-order valence-electron chi connectivity index (χ4n) is 2.50. The smallest absolute Gasteiger partial charge is 0.325 e. The number of hydrogen-bond acceptors (Lipinski definition) is 3. The van der Waals surface area contributed by atoms with Gasteiger partial charge in [-0.2, -0.15) is 0 Å². The van der Waals surface area contributed by atoms with Crippen molar-refractivity contribution in [1.82, 2.24) is 10.2 Å². The van der Waals surface area contributed by atoms with Crippen LogP contribution in [-0.2, 0) is 16.8 Å². The first-order chi connectivity index (χ1) is 9.92. The molecule has 5 heteroatoms. The Kier molecular flexibility index (Phi) is 4.32. The summed E-state index contributed by atoms with van der Waals surface area (Å²) in [7, 11) is 0. The standard InChI is InChI=1S/C16H23N3O2/c1-4-11-6-8-12(9-7-11)16(3)14(20)19(15(21)18-16)10-13(17)5-2/h6-9,13H,4-5,10,17H2,1-3H3,(H,18,21). The molecule has 0 bridgehead atoms. The van der Waals surface area contributed by atoms with Gasteiger partial charge < -0.3 is 11.1 Å². The van der Waals surface area contributed by atoms with E-state index in [1.165, 1.54) is 10.5 Å². The summed E-state index contributed by atoms with van der Waals surface area (Å²) in [6.45, 7) is 6.01. The molecule has 1 aromatic carbocycles. The number of aryl methyl sites for hydroxylation is 1. The van der Waals surface area contributed by atoms with E-state index in [0.29, 0.717) is 0 Å². The number of rotatable bonds is 5. The van der Waals surface area contributed by atoms with Gasteiger partial charge in [-0.15, -0.1) is 0 Å². The number of hydrogen-bond donors (Lipinski definition) is 2. The zero-order valence-corrected chi connectivity index (χ0v) is 12.8. The fraction of sp³-hybridized carbons (Fsp3) is 0.500. The largest absolute Gasteiger partial charge is 0.326 e. The lowest BCUT2D eigenvalue weighted by Crippen LogP contribution is -2.43. The molecule has 0 radical (unpaired) electrons. The van der Waals surface area contributed by atoms with Crippen LogP contribution in [0.3, 0.4) is 0 Å². The molecule has 0 spiro atoms. The Labute approximate surface area is 125 Å². The summed E-state index contributed by atoms with van der Waals surface area (Å²) < 4.78 is 0. The Morgan fingerprint density at radius 1 is 1.24 bits per heavy atom. The highest BCUT2D eigenvalue weighted by Crippen LogP contribution is 2.29. The average Bonchev–Trinajstić information content (AvgIpc) is 2.71. The summed E-state index contributed by atoms with van der Waals surface area (Å²) in [5, 5.41) is 2.80. The lowest BCUT2D eigenvalue weighted by Gasteiger charge is -2.23. The molecule has 1 saturated heterocycles. The van der Waals surface area contributed by atoms with Crippen LogP contribution in [0, 0.1) is 0 Å². The number of carbonyl (C=O) groups excluding carboxylic acids is 2. The molecule has 21 heavy (non-hydrogen) atoms. The summed E-state index contributed by atoms with van der Waals surface area (Å²) in [4.78, 5) is 25.9. The predicted molar refractivity (Wildman–Crippen MR) is 81.7 cm³/mol. The number of nitrogens with two attached hydrogens (primary N) is 1. The van der Waals surface area contributed by atoms with Gasteiger partial charge in [-0.25, -0.2) is 4.79 Å². The summed E-state index contributed by atoms with van der Waals surface area (Å²) in [6, 6.07) is 7.22. The van der Waals surface area contributed by atoms with Crippen molar-refractivity contribution < 1.29 is 9.59 Å². The second kappa shape index (κ2) is 5.85. The van der Waals surface area contributed by atoms with E-state index in [1.54, 1.807) is 6.92 Å². The first kappa shape index (κ1) is 15.5. The van der Waals surface area contributed by atoms with E-state index < -0.39 is 5.54 Å². The number of amides is 3. The van der Waals surface area contributed by atoms with E-state index in [0.717, 1.165) is 18.4 Å². The van der Waals surface area contributed by atoms with Crippen LogP contribution in [0.2, 0.25) is 0 Å². The number of urea groups is 1. The van der Waals surface area contributed by atoms with Gasteiger partial charge in [0.1, 0.15) is 5.54 Å². The SMILES string of the molecule is CCc1ccc(C2(C)NC(=O)N(CC(N)CC)C2=O)cc1. The molecule has 0 aromatic heterocycles. The second-order valence-electron chi connectivity index (χ2n) is 5.69. The molecule has 1 aliphatic rings. The Balaban J connectivity index is 2.26. The number of carbonyl (C=O) groups is 2. The van der Waals surface area contributed by atoms with Gasteiger partial charge in [0.15, 0.2) is 0 Å². The van der Waals surface area contributed by atoms with Crippen LogP contribution in [0.15, 0.2) is 24.3 Å². The lowest BCUT2D eigenvalue weighted by molar-refractivity contribution is -0.131. The number of imide groups is 1. The van der Waals surface area contributed by atoms with E-state index in [9.17, 15) is 9.59 Å². The highest BCUT2D eigenvalue weighted by atomic mass is 16.2. The molecule has 1 fully saturated rings. The van der Waals surface area contributed by atoms with E-state index in [1.807, 2.05) is 31.2 Å². The molecule has 1 aromatic rings. The molecule has 2 rings (SSSR count). The Hall–Kier alpha value is -1.88. The van der Waals surface area contributed by atoms with Crippen LogP contribution in [0.4, 0.5) is 4.79 Å². The third-order valence-electron chi connectivity index (χ3n) is 4.16. The molecule has 2 unspecified atom stereocenters. The van der Waals surface area contributed by atoms with Gasteiger partial charge in [-0.1, -0.05) is 38.1 Å². The maximum absolute atomic E-state index is 12.6. The Morgan fingerprint density at radius 3 is 2.38 bits per heavy atom. The van der Waals surface area contributed by atoms with Crippen molar-refractivity contribution in [3.8, 4) is 0 Å².